The van der Waals surface area contributed by atoms with E-state index in [-0.39, 0.29) is 5.91 Å². The molecule has 1 aromatic heterocycles. The number of rotatable bonds is 5. The van der Waals surface area contributed by atoms with Gasteiger partial charge in [-0.3, -0.25) is 9.78 Å². The maximum atomic E-state index is 12.3. The Balaban J connectivity index is 2.84. The Kier molecular flexibility index (Phi) is 5.31. The number of amides is 1. The van der Waals surface area contributed by atoms with Crippen molar-refractivity contribution in [3.8, 4) is 6.07 Å². The topological polar surface area (TPSA) is 57.0 Å². The van der Waals surface area contributed by atoms with Crippen molar-refractivity contribution in [1.29, 1.82) is 5.26 Å². The summed E-state index contributed by atoms with van der Waals surface area (Å²) in [5.74, 6) is 0.334. The van der Waals surface area contributed by atoms with Crippen molar-refractivity contribution < 1.29 is 4.79 Å². The van der Waals surface area contributed by atoms with Crippen LogP contribution >= 0.6 is 0 Å². The molecule has 96 valence electrons. The maximum Gasteiger partial charge on any atom is 0.255 e. The molecule has 4 heteroatoms. The smallest absolute Gasteiger partial charge is 0.255 e. The molecule has 0 spiro atoms. The molecule has 18 heavy (non-hydrogen) atoms. The van der Waals surface area contributed by atoms with E-state index in [2.05, 4.69) is 24.9 Å². The first-order valence-corrected chi connectivity index (χ1v) is 6.12. The van der Waals surface area contributed by atoms with Gasteiger partial charge in [-0.1, -0.05) is 13.8 Å². The third kappa shape index (κ3) is 4.17. The number of hydrogen-bond acceptors (Lipinski definition) is 3. The van der Waals surface area contributed by atoms with E-state index in [1.54, 1.807) is 17.3 Å². The van der Waals surface area contributed by atoms with Gasteiger partial charge in [0.25, 0.3) is 5.91 Å². The molecule has 0 saturated heterocycles. The lowest BCUT2D eigenvalue weighted by Gasteiger charge is -2.23. The number of hydrogen-bond donors (Lipinski definition) is 0. The molecule has 0 atom stereocenters. The largest absolute Gasteiger partial charge is 0.337 e. The highest BCUT2D eigenvalue weighted by Crippen LogP contribution is 2.09. The lowest BCUT2D eigenvalue weighted by molar-refractivity contribution is 0.0739. The Hall–Kier alpha value is -1.89. The Labute approximate surface area is 108 Å². The fourth-order valence-electron chi connectivity index (χ4n) is 1.76. The Morgan fingerprint density at radius 1 is 1.50 bits per heavy atom. The second-order valence-electron chi connectivity index (χ2n) is 4.80. The molecular formula is C14H19N3O. The van der Waals surface area contributed by atoms with E-state index < -0.39 is 0 Å². The lowest BCUT2D eigenvalue weighted by atomic mass is 10.1. The summed E-state index contributed by atoms with van der Waals surface area (Å²) in [5.41, 5.74) is 1.55. The summed E-state index contributed by atoms with van der Waals surface area (Å²) in [6.45, 7) is 7.16. The first-order chi connectivity index (χ1) is 8.54. The summed E-state index contributed by atoms with van der Waals surface area (Å²) in [7, 11) is 0. The van der Waals surface area contributed by atoms with Crippen LogP contribution in [-0.2, 0) is 0 Å². The van der Waals surface area contributed by atoms with Crippen LogP contribution in [0.4, 0.5) is 0 Å². The fraction of sp³-hybridized carbons (Fsp3) is 0.500. The molecule has 1 amide bonds. The number of aryl methyl sites for hydroxylation is 1. The zero-order valence-electron chi connectivity index (χ0n) is 11.2. The molecular weight excluding hydrogens is 226 g/mol. The first kappa shape index (κ1) is 14.2. The number of aromatic nitrogens is 1. The normalized spacial score (nSPS) is 10.2. The third-order valence-corrected chi connectivity index (χ3v) is 2.49. The van der Waals surface area contributed by atoms with Gasteiger partial charge in [0, 0.05) is 25.5 Å². The standard InChI is InChI=1S/C14H19N3O/c1-11(2)10-17(6-4-5-15)14(18)13-7-12(3)8-16-9-13/h7-9,11H,4,6,10H2,1-3H3. The highest BCUT2D eigenvalue weighted by atomic mass is 16.2. The van der Waals surface area contributed by atoms with E-state index in [0.717, 1.165) is 5.56 Å². The van der Waals surface area contributed by atoms with Gasteiger partial charge in [0.05, 0.1) is 18.1 Å². The number of nitriles is 1. The molecule has 0 bridgehead atoms. The zero-order valence-corrected chi connectivity index (χ0v) is 11.2. The van der Waals surface area contributed by atoms with Crippen molar-refractivity contribution in [2.45, 2.75) is 27.2 Å². The van der Waals surface area contributed by atoms with Gasteiger partial charge in [0.15, 0.2) is 0 Å². The van der Waals surface area contributed by atoms with E-state index in [4.69, 9.17) is 5.26 Å². The van der Waals surface area contributed by atoms with E-state index in [0.29, 0.717) is 31.0 Å². The number of carbonyl (C=O) groups is 1. The van der Waals surface area contributed by atoms with Crippen molar-refractivity contribution in [3.63, 3.8) is 0 Å². The van der Waals surface area contributed by atoms with Crippen LogP contribution in [0.25, 0.3) is 0 Å². The second-order valence-corrected chi connectivity index (χ2v) is 4.80. The monoisotopic (exact) mass is 245 g/mol. The molecule has 1 heterocycles. The molecule has 0 aromatic carbocycles. The van der Waals surface area contributed by atoms with E-state index >= 15 is 0 Å². The van der Waals surface area contributed by atoms with Crippen LogP contribution in [0, 0.1) is 24.2 Å². The minimum Gasteiger partial charge on any atom is -0.337 e. The van der Waals surface area contributed by atoms with Crippen LogP contribution in [0.1, 0.15) is 36.2 Å². The van der Waals surface area contributed by atoms with Gasteiger partial charge in [0.2, 0.25) is 0 Å². The highest BCUT2D eigenvalue weighted by molar-refractivity contribution is 5.94. The summed E-state index contributed by atoms with van der Waals surface area (Å²) >= 11 is 0. The Morgan fingerprint density at radius 2 is 2.22 bits per heavy atom. The third-order valence-electron chi connectivity index (χ3n) is 2.49. The highest BCUT2D eigenvalue weighted by Gasteiger charge is 2.16. The fourth-order valence-corrected chi connectivity index (χ4v) is 1.76. The van der Waals surface area contributed by atoms with E-state index in [1.807, 2.05) is 13.0 Å². The zero-order chi connectivity index (χ0) is 13.5. The Morgan fingerprint density at radius 3 is 2.78 bits per heavy atom. The molecule has 0 radical (unpaired) electrons. The average molecular weight is 245 g/mol. The van der Waals surface area contributed by atoms with Gasteiger partial charge < -0.3 is 4.90 Å². The molecule has 1 rings (SSSR count). The predicted molar refractivity (Wildman–Crippen MR) is 69.9 cm³/mol. The van der Waals surface area contributed by atoms with E-state index in [1.165, 1.54) is 0 Å². The van der Waals surface area contributed by atoms with Crippen LogP contribution in [-0.4, -0.2) is 28.9 Å². The average Bonchev–Trinajstić information content (AvgIpc) is 2.33. The van der Waals surface area contributed by atoms with Crippen LogP contribution < -0.4 is 0 Å². The summed E-state index contributed by atoms with van der Waals surface area (Å²) in [6.07, 6.45) is 3.66. The molecule has 4 nitrogen and oxygen atoms in total. The molecule has 0 N–H and O–H groups in total. The van der Waals surface area contributed by atoms with Gasteiger partial charge in [0.1, 0.15) is 0 Å². The van der Waals surface area contributed by atoms with Crippen LogP contribution in [0.15, 0.2) is 18.5 Å². The molecule has 0 aliphatic rings. The SMILES string of the molecule is Cc1cncc(C(=O)N(CCC#N)CC(C)C)c1. The molecule has 1 aromatic rings. The maximum absolute atomic E-state index is 12.3. The summed E-state index contributed by atoms with van der Waals surface area (Å²) in [4.78, 5) is 18.1. The summed E-state index contributed by atoms with van der Waals surface area (Å²) in [5, 5.41) is 8.65. The quantitative estimate of drug-likeness (QED) is 0.800. The van der Waals surface area contributed by atoms with Crippen molar-refractivity contribution in [3.05, 3.63) is 29.6 Å². The minimum absolute atomic E-state index is 0.0462. The molecule has 0 saturated carbocycles. The van der Waals surface area contributed by atoms with Gasteiger partial charge in [-0.2, -0.15) is 5.26 Å². The van der Waals surface area contributed by atoms with Gasteiger partial charge >= 0.3 is 0 Å². The minimum atomic E-state index is -0.0462. The van der Waals surface area contributed by atoms with Gasteiger partial charge in [-0.05, 0) is 24.5 Å². The predicted octanol–water partition coefficient (Wildman–Crippen LogP) is 2.40. The second kappa shape index (κ2) is 6.75. The van der Waals surface area contributed by atoms with Crippen molar-refractivity contribution in [2.24, 2.45) is 5.92 Å². The lowest BCUT2D eigenvalue weighted by Crippen LogP contribution is -2.35. The number of carbonyl (C=O) groups excluding carboxylic acids is 1. The van der Waals surface area contributed by atoms with Gasteiger partial charge in [-0.15, -0.1) is 0 Å². The summed E-state index contributed by atoms with van der Waals surface area (Å²) in [6, 6.07) is 3.91. The molecule has 0 aliphatic carbocycles. The molecule has 0 aliphatic heterocycles. The van der Waals surface area contributed by atoms with Gasteiger partial charge in [-0.25, -0.2) is 0 Å². The van der Waals surface area contributed by atoms with Crippen LogP contribution in [0.5, 0.6) is 0 Å². The Bertz CT molecular complexity index is 449. The molecule has 0 fully saturated rings. The first-order valence-electron chi connectivity index (χ1n) is 6.12. The van der Waals surface area contributed by atoms with Crippen LogP contribution in [0.2, 0.25) is 0 Å². The number of nitrogens with zero attached hydrogens (tertiary/aromatic N) is 3. The summed E-state index contributed by atoms with van der Waals surface area (Å²) < 4.78 is 0. The van der Waals surface area contributed by atoms with Crippen molar-refractivity contribution >= 4 is 5.91 Å². The van der Waals surface area contributed by atoms with E-state index in [9.17, 15) is 4.79 Å². The van der Waals surface area contributed by atoms with Crippen molar-refractivity contribution in [2.75, 3.05) is 13.1 Å². The van der Waals surface area contributed by atoms with Crippen molar-refractivity contribution in [1.82, 2.24) is 9.88 Å². The van der Waals surface area contributed by atoms with Crippen LogP contribution in [0.3, 0.4) is 0 Å². The molecule has 0 unspecified atom stereocenters. The number of pyridine rings is 1.